The highest BCUT2D eigenvalue weighted by molar-refractivity contribution is 5.81. The van der Waals surface area contributed by atoms with Crippen LogP contribution in [0.4, 0.5) is 18.0 Å². The van der Waals surface area contributed by atoms with Crippen LogP contribution in [-0.2, 0) is 22.1 Å². The Kier molecular flexibility index (Phi) is 6.14. The first-order valence-corrected chi connectivity index (χ1v) is 10.7. The molecule has 0 unspecified atom stereocenters. The molecule has 0 spiro atoms. The minimum Gasteiger partial charge on any atom is -0.497 e. The normalized spacial score (nSPS) is 24.6. The molecule has 3 saturated heterocycles. The number of hydrogen-bond donors (Lipinski definition) is 0. The second-order valence-electron chi connectivity index (χ2n) is 8.70. The lowest BCUT2D eigenvalue weighted by Gasteiger charge is -2.46. The molecule has 2 amide bonds. The fraction of sp³-hybridized carbons (Fsp3) is 0.636. The molecule has 0 radical (unpaired) electrons. The maximum atomic E-state index is 13.4. The average molecular weight is 440 g/mol. The summed E-state index contributed by atoms with van der Waals surface area (Å²) >= 11 is 0. The Balaban J connectivity index is 1.27. The van der Waals surface area contributed by atoms with Crippen molar-refractivity contribution in [3.05, 3.63) is 29.3 Å². The fourth-order valence-corrected chi connectivity index (χ4v) is 4.78. The minimum absolute atomic E-state index is 0.0480. The third-order valence-corrected chi connectivity index (χ3v) is 6.56. The van der Waals surface area contributed by atoms with Crippen molar-refractivity contribution in [2.24, 2.45) is 11.8 Å². The standard InChI is InChI=1S/C22H27F3N2O4/c1-30-18-5-4-15(19(9-18)22(23,24)25)3-2-14-10-27(11-14)21(29)26-7-6-20-16(12-26)8-17(28)13-31-20/h4-5,9,14,16,20H,2-3,6-8,10-13H2,1H3/t16-,20+/m1/s1. The van der Waals surface area contributed by atoms with Gasteiger partial charge in [0.05, 0.1) is 18.8 Å². The Morgan fingerprint density at radius 2 is 2.00 bits per heavy atom. The number of nitrogens with zero attached hydrogens (tertiary/aromatic N) is 2. The first-order chi connectivity index (χ1) is 14.7. The topological polar surface area (TPSA) is 59.1 Å². The van der Waals surface area contributed by atoms with Crippen LogP contribution in [0.1, 0.15) is 30.4 Å². The van der Waals surface area contributed by atoms with E-state index in [2.05, 4.69) is 0 Å². The lowest BCUT2D eigenvalue weighted by atomic mass is 9.87. The van der Waals surface area contributed by atoms with Crippen molar-refractivity contribution in [3.8, 4) is 5.75 Å². The molecule has 0 aromatic heterocycles. The van der Waals surface area contributed by atoms with Gasteiger partial charge in [0.2, 0.25) is 0 Å². The van der Waals surface area contributed by atoms with Gasteiger partial charge in [-0.15, -0.1) is 0 Å². The quantitative estimate of drug-likeness (QED) is 0.720. The molecule has 0 aliphatic carbocycles. The van der Waals surface area contributed by atoms with Crippen LogP contribution in [0.5, 0.6) is 5.75 Å². The van der Waals surface area contributed by atoms with E-state index in [1.807, 2.05) is 0 Å². The van der Waals surface area contributed by atoms with Crippen LogP contribution in [0.15, 0.2) is 18.2 Å². The van der Waals surface area contributed by atoms with Gasteiger partial charge in [-0.25, -0.2) is 4.79 Å². The van der Waals surface area contributed by atoms with Crippen molar-refractivity contribution in [2.45, 2.75) is 38.0 Å². The third-order valence-electron chi connectivity index (χ3n) is 6.56. The van der Waals surface area contributed by atoms with Gasteiger partial charge >= 0.3 is 12.2 Å². The van der Waals surface area contributed by atoms with Gasteiger partial charge in [-0.05, 0) is 42.9 Å². The number of carbonyl (C=O) groups is 2. The largest absolute Gasteiger partial charge is 0.497 e. The number of benzene rings is 1. The monoisotopic (exact) mass is 440 g/mol. The molecule has 0 bridgehead atoms. The van der Waals surface area contributed by atoms with Crippen LogP contribution in [0.25, 0.3) is 0 Å². The number of Topliss-reactive ketones (excluding diaryl/α,β-unsaturated/α-hetero) is 1. The summed E-state index contributed by atoms with van der Waals surface area (Å²) in [7, 11) is 1.34. The van der Waals surface area contributed by atoms with E-state index in [4.69, 9.17) is 9.47 Å². The molecule has 2 atom stereocenters. The number of carbonyl (C=O) groups excluding carboxylic acids is 2. The summed E-state index contributed by atoms with van der Waals surface area (Å²) in [5, 5.41) is 0. The van der Waals surface area contributed by atoms with E-state index in [0.717, 1.165) is 12.5 Å². The molecule has 0 N–H and O–H groups in total. The molecular weight excluding hydrogens is 413 g/mol. The van der Waals surface area contributed by atoms with Crippen molar-refractivity contribution < 1.29 is 32.2 Å². The smallest absolute Gasteiger partial charge is 0.416 e. The van der Waals surface area contributed by atoms with Gasteiger partial charge in [-0.1, -0.05) is 6.07 Å². The Hall–Kier alpha value is -2.29. The van der Waals surface area contributed by atoms with Gasteiger partial charge in [0.15, 0.2) is 5.78 Å². The Labute approximate surface area is 179 Å². The Morgan fingerprint density at radius 1 is 1.23 bits per heavy atom. The van der Waals surface area contributed by atoms with Gasteiger partial charge < -0.3 is 19.3 Å². The van der Waals surface area contributed by atoms with Gasteiger partial charge in [0, 0.05) is 38.5 Å². The van der Waals surface area contributed by atoms with Crippen LogP contribution in [-0.4, -0.2) is 67.6 Å². The van der Waals surface area contributed by atoms with E-state index in [1.54, 1.807) is 15.9 Å². The number of fused-ring (bicyclic) bond motifs is 1. The molecule has 3 aliphatic rings. The molecule has 3 aliphatic heterocycles. The van der Waals surface area contributed by atoms with Crippen molar-refractivity contribution >= 4 is 11.8 Å². The number of urea groups is 1. The number of amides is 2. The van der Waals surface area contributed by atoms with Crippen molar-refractivity contribution in [1.29, 1.82) is 0 Å². The summed E-state index contributed by atoms with van der Waals surface area (Å²) in [5.41, 5.74) is -0.409. The van der Waals surface area contributed by atoms with Crippen LogP contribution >= 0.6 is 0 Å². The predicted octanol–water partition coefficient (Wildman–Crippen LogP) is 3.38. The average Bonchev–Trinajstić information content (AvgIpc) is 2.71. The van der Waals surface area contributed by atoms with E-state index >= 15 is 0 Å². The Bertz CT molecular complexity index is 839. The van der Waals surface area contributed by atoms with Gasteiger partial charge in [-0.2, -0.15) is 13.2 Å². The Morgan fingerprint density at radius 3 is 2.71 bits per heavy atom. The number of aryl methyl sites for hydroxylation is 1. The molecule has 170 valence electrons. The van der Waals surface area contributed by atoms with Crippen LogP contribution in [0.2, 0.25) is 0 Å². The number of methoxy groups -OCH3 is 1. The van der Waals surface area contributed by atoms with Crippen molar-refractivity contribution in [2.75, 3.05) is 39.9 Å². The molecule has 1 aromatic rings. The lowest BCUT2D eigenvalue weighted by Crippen LogP contribution is -2.58. The molecular formula is C22H27F3N2O4. The van der Waals surface area contributed by atoms with E-state index in [9.17, 15) is 22.8 Å². The highest BCUT2D eigenvalue weighted by Crippen LogP contribution is 2.36. The fourth-order valence-electron chi connectivity index (χ4n) is 4.78. The first kappa shape index (κ1) is 21.9. The summed E-state index contributed by atoms with van der Waals surface area (Å²) in [4.78, 5) is 27.9. The number of piperidine rings is 1. The van der Waals surface area contributed by atoms with Crippen LogP contribution in [0.3, 0.4) is 0 Å². The second kappa shape index (κ2) is 8.68. The third kappa shape index (κ3) is 4.81. The molecule has 0 saturated carbocycles. The van der Waals surface area contributed by atoms with E-state index < -0.39 is 11.7 Å². The summed E-state index contributed by atoms with van der Waals surface area (Å²) in [6.45, 7) is 2.41. The number of halogens is 3. The van der Waals surface area contributed by atoms with Crippen molar-refractivity contribution in [1.82, 2.24) is 9.80 Å². The maximum Gasteiger partial charge on any atom is 0.416 e. The van der Waals surface area contributed by atoms with Crippen LogP contribution < -0.4 is 4.74 Å². The van der Waals surface area contributed by atoms with E-state index in [0.29, 0.717) is 45.4 Å². The SMILES string of the molecule is COc1ccc(CCC2CN(C(=O)N3CC[C@@H]4OCC(=O)C[C@@H]4C3)C2)c(C(F)(F)F)c1. The zero-order chi connectivity index (χ0) is 22.2. The van der Waals surface area contributed by atoms with Crippen LogP contribution in [0, 0.1) is 11.8 Å². The zero-order valence-electron chi connectivity index (χ0n) is 17.5. The summed E-state index contributed by atoms with van der Waals surface area (Å²) in [6.07, 6.45) is -2.29. The molecule has 31 heavy (non-hydrogen) atoms. The number of hydrogen-bond acceptors (Lipinski definition) is 4. The van der Waals surface area contributed by atoms with Gasteiger partial charge in [0.25, 0.3) is 0 Å². The summed E-state index contributed by atoms with van der Waals surface area (Å²) < 4.78 is 50.6. The highest BCUT2D eigenvalue weighted by Gasteiger charge is 2.40. The van der Waals surface area contributed by atoms with Gasteiger partial charge in [0.1, 0.15) is 12.4 Å². The second-order valence-corrected chi connectivity index (χ2v) is 8.70. The number of ketones is 1. The molecule has 1 aromatic carbocycles. The minimum atomic E-state index is -4.43. The number of ether oxygens (including phenoxy) is 2. The molecule has 4 rings (SSSR count). The lowest BCUT2D eigenvalue weighted by molar-refractivity contribution is -0.140. The maximum absolute atomic E-state index is 13.4. The molecule has 6 nitrogen and oxygen atoms in total. The van der Waals surface area contributed by atoms with E-state index in [1.165, 1.54) is 13.2 Å². The predicted molar refractivity (Wildman–Crippen MR) is 106 cm³/mol. The summed E-state index contributed by atoms with van der Waals surface area (Å²) in [5.74, 6) is 0.512. The number of alkyl halides is 3. The molecule has 9 heteroatoms. The molecule has 3 fully saturated rings. The number of rotatable bonds is 4. The zero-order valence-corrected chi connectivity index (χ0v) is 17.5. The number of likely N-dealkylation sites (tertiary alicyclic amines) is 2. The molecule has 3 heterocycles. The van der Waals surface area contributed by atoms with Crippen molar-refractivity contribution in [3.63, 3.8) is 0 Å². The van der Waals surface area contributed by atoms with E-state index in [-0.39, 0.29) is 47.7 Å². The highest BCUT2D eigenvalue weighted by atomic mass is 19.4. The summed E-state index contributed by atoms with van der Waals surface area (Å²) in [6, 6.07) is 4.01. The van der Waals surface area contributed by atoms with Gasteiger partial charge in [-0.3, -0.25) is 4.79 Å². The first-order valence-electron chi connectivity index (χ1n) is 10.7.